The van der Waals surface area contributed by atoms with E-state index in [1.807, 2.05) is 24.3 Å². The van der Waals surface area contributed by atoms with Crippen molar-refractivity contribution in [3.63, 3.8) is 0 Å². The van der Waals surface area contributed by atoms with Crippen molar-refractivity contribution in [2.45, 2.75) is 51.1 Å². The van der Waals surface area contributed by atoms with E-state index in [2.05, 4.69) is 52.8 Å². The Morgan fingerprint density at radius 2 is 1.71 bits per heavy atom. The molecule has 4 rings (SSSR count). The Labute approximate surface area is 209 Å². The summed E-state index contributed by atoms with van der Waals surface area (Å²) < 4.78 is 6.02. The van der Waals surface area contributed by atoms with E-state index in [4.69, 9.17) is 16.3 Å². The maximum atomic E-state index is 11.8. The lowest BCUT2D eigenvalue weighted by Crippen LogP contribution is -2.49. The summed E-state index contributed by atoms with van der Waals surface area (Å²) in [5, 5.41) is 0.756. The van der Waals surface area contributed by atoms with Crippen LogP contribution in [0.25, 0.3) is 0 Å². The molecule has 34 heavy (non-hydrogen) atoms. The van der Waals surface area contributed by atoms with Crippen LogP contribution in [-0.4, -0.2) is 74.0 Å². The highest BCUT2D eigenvalue weighted by atomic mass is 35.5. The fourth-order valence-electron chi connectivity index (χ4n) is 5.15. The Hall–Kier alpha value is -2.08. The number of ether oxygens (including phenoxy) is 1. The van der Waals surface area contributed by atoms with Gasteiger partial charge >= 0.3 is 0 Å². The first-order valence-corrected chi connectivity index (χ1v) is 13.1. The van der Waals surface area contributed by atoms with Gasteiger partial charge < -0.3 is 19.3 Å². The quantitative estimate of drug-likeness (QED) is 0.367. The number of carbonyl (C=O) groups excluding carboxylic acids is 1. The molecule has 5 nitrogen and oxygen atoms in total. The van der Waals surface area contributed by atoms with Gasteiger partial charge in [-0.25, -0.2) is 0 Å². The van der Waals surface area contributed by atoms with Crippen molar-refractivity contribution in [2.75, 3.05) is 50.8 Å². The number of aldehydes is 1. The molecule has 0 aromatic heterocycles. The third kappa shape index (κ3) is 6.53. The highest BCUT2D eigenvalue weighted by Gasteiger charge is 2.29. The van der Waals surface area contributed by atoms with Gasteiger partial charge in [-0.1, -0.05) is 23.7 Å². The third-order valence-electron chi connectivity index (χ3n) is 7.32. The normalized spacial score (nSPS) is 22.2. The molecule has 2 atom stereocenters. The summed E-state index contributed by atoms with van der Waals surface area (Å²) in [6.07, 6.45) is 3.99. The zero-order valence-corrected chi connectivity index (χ0v) is 21.3. The first-order chi connectivity index (χ1) is 16.5. The molecular weight excluding hydrogens is 446 g/mol. The minimum atomic E-state index is -0.0773. The lowest BCUT2D eigenvalue weighted by Gasteiger charge is -2.39. The Balaban J connectivity index is 1.26. The SMILES string of the molecule is CC(C)N1CCN(CCCOc2ccc(N3CC(c4ccc(Cl)cc4)CCC3C=O)cc2)CC1. The zero-order chi connectivity index (χ0) is 23.9. The second-order valence-corrected chi connectivity index (χ2v) is 10.3. The van der Waals surface area contributed by atoms with Crippen molar-refractivity contribution in [1.82, 2.24) is 9.80 Å². The van der Waals surface area contributed by atoms with Crippen molar-refractivity contribution in [3.05, 3.63) is 59.1 Å². The number of piperidine rings is 1. The minimum absolute atomic E-state index is 0.0773. The van der Waals surface area contributed by atoms with Crippen LogP contribution >= 0.6 is 11.6 Å². The lowest BCUT2D eigenvalue weighted by atomic mass is 9.87. The molecule has 184 valence electrons. The van der Waals surface area contributed by atoms with Crippen molar-refractivity contribution in [2.24, 2.45) is 0 Å². The van der Waals surface area contributed by atoms with Gasteiger partial charge in [-0.2, -0.15) is 0 Å². The molecule has 2 fully saturated rings. The molecule has 0 aliphatic carbocycles. The average molecular weight is 484 g/mol. The van der Waals surface area contributed by atoms with Crippen molar-refractivity contribution in [3.8, 4) is 5.75 Å². The number of hydrogen-bond acceptors (Lipinski definition) is 5. The topological polar surface area (TPSA) is 36.0 Å². The van der Waals surface area contributed by atoms with Crippen LogP contribution in [0.2, 0.25) is 5.02 Å². The molecule has 0 saturated carbocycles. The molecule has 2 aromatic carbocycles. The summed E-state index contributed by atoms with van der Waals surface area (Å²) in [7, 11) is 0. The Morgan fingerprint density at radius 3 is 2.35 bits per heavy atom. The van der Waals surface area contributed by atoms with Gasteiger partial charge in [0.1, 0.15) is 12.0 Å². The van der Waals surface area contributed by atoms with Gasteiger partial charge in [-0.15, -0.1) is 0 Å². The van der Waals surface area contributed by atoms with E-state index >= 15 is 0 Å². The maximum absolute atomic E-state index is 11.8. The number of benzene rings is 2. The van der Waals surface area contributed by atoms with Crippen molar-refractivity contribution < 1.29 is 9.53 Å². The van der Waals surface area contributed by atoms with Crippen LogP contribution in [0.3, 0.4) is 0 Å². The smallest absolute Gasteiger partial charge is 0.142 e. The Bertz CT molecular complexity index is 895. The molecule has 2 aliphatic heterocycles. The number of anilines is 1. The van der Waals surface area contributed by atoms with E-state index in [-0.39, 0.29) is 6.04 Å². The second-order valence-electron chi connectivity index (χ2n) is 9.85. The molecule has 2 aliphatic rings. The molecule has 2 aromatic rings. The minimum Gasteiger partial charge on any atom is -0.494 e. The standard InChI is InChI=1S/C28H38ClN3O2/c1-22(2)31-17-15-30(16-18-31)14-3-19-34-28-12-10-26(11-13-28)32-20-24(6-9-27(32)21-33)23-4-7-25(29)8-5-23/h4-5,7-8,10-13,21-22,24,27H,3,6,9,14-20H2,1-2H3. The van der Waals surface area contributed by atoms with E-state index < -0.39 is 0 Å². The van der Waals surface area contributed by atoms with Gasteiger partial charge in [0.2, 0.25) is 0 Å². The van der Waals surface area contributed by atoms with Crippen molar-refractivity contribution in [1.29, 1.82) is 0 Å². The number of carbonyl (C=O) groups is 1. The molecule has 0 radical (unpaired) electrons. The monoisotopic (exact) mass is 483 g/mol. The molecule has 6 heteroatoms. The summed E-state index contributed by atoms with van der Waals surface area (Å²) in [4.78, 5) is 19.1. The van der Waals surface area contributed by atoms with Crippen LogP contribution in [0, 0.1) is 0 Å². The fraction of sp³-hybridized carbons (Fsp3) is 0.536. The van der Waals surface area contributed by atoms with Gasteiger partial charge in [0.25, 0.3) is 0 Å². The molecule has 0 N–H and O–H groups in total. The molecule has 2 saturated heterocycles. The number of nitrogens with zero attached hydrogens (tertiary/aromatic N) is 3. The van der Waals surface area contributed by atoms with E-state index in [1.54, 1.807) is 0 Å². The molecular formula is C28H38ClN3O2. The summed E-state index contributed by atoms with van der Waals surface area (Å²) in [6, 6.07) is 16.9. The third-order valence-corrected chi connectivity index (χ3v) is 7.57. The summed E-state index contributed by atoms with van der Waals surface area (Å²) in [5.41, 5.74) is 2.36. The fourth-order valence-corrected chi connectivity index (χ4v) is 5.28. The molecule has 2 unspecified atom stereocenters. The summed E-state index contributed by atoms with van der Waals surface area (Å²) in [6.45, 7) is 11.8. The Morgan fingerprint density at radius 1 is 1.00 bits per heavy atom. The number of piperazine rings is 1. The summed E-state index contributed by atoms with van der Waals surface area (Å²) in [5.74, 6) is 1.29. The van der Waals surface area contributed by atoms with E-state index in [0.29, 0.717) is 12.0 Å². The molecule has 0 spiro atoms. The first kappa shape index (κ1) is 25.0. The Kier molecular flexibility index (Phi) is 8.87. The van der Waals surface area contributed by atoms with Crippen LogP contribution in [0.1, 0.15) is 44.6 Å². The molecule has 0 bridgehead atoms. The highest BCUT2D eigenvalue weighted by Crippen LogP contribution is 2.34. The van der Waals surface area contributed by atoms with Crippen LogP contribution in [0.15, 0.2) is 48.5 Å². The number of halogens is 1. The highest BCUT2D eigenvalue weighted by molar-refractivity contribution is 6.30. The average Bonchev–Trinajstić information content (AvgIpc) is 2.87. The van der Waals surface area contributed by atoms with E-state index in [0.717, 1.165) is 87.9 Å². The number of hydrogen-bond donors (Lipinski definition) is 0. The van der Waals surface area contributed by atoms with Gasteiger partial charge in [-0.3, -0.25) is 4.90 Å². The second kappa shape index (κ2) is 12.1. The van der Waals surface area contributed by atoms with E-state index in [1.165, 1.54) is 5.56 Å². The largest absolute Gasteiger partial charge is 0.494 e. The van der Waals surface area contributed by atoms with Crippen LogP contribution in [0.5, 0.6) is 5.75 Å². The van der Waals surface area contributed by atoms with Gasteiger partial charge in [0.15, 0.2) is 0 Å². The predicted molar refractivity (Wildman–Crippen MR) is 140 cm³/mol. The van der Waals surface area contributed by atoms with Gasteiger partial charge in [0, 0.05) is 61.9 Å². The first-order valence-electron chi connectivity index (χ1n) is 12.7. The summed E-state index contributed by atoms with van der Waals surface area (Å²) >= 11 is 6.06. The molecule has 0 amide bonds. The van der Waals surface area contributed by atoms with Crippen LogP contribution < -0.4 is 9.64 Å². The lowest BCUT2D eigenvalue weighted by molar-refractivity contribution is -0.109. The molecule has 2 heterocycles. The van der Waals surface area contributed by atoms with Crippen LogP contribution in [0.4, 0.5) is 5.69 Å². The zero-order valence-electron chi connectivity index (χ0n) is 20.5. The van der Waals surface area contributed by atoms with Gasteiger partial charge in [-0.05, 0) is 75.1 Å². The number of rotatable bonds is 9. The van der Waals surface area contributed by atoms with E-state index in [9.17, 15) is 4.79 Å². The van der Waals surface area contributed by atoms with Gasteiger partial charge in [0.05, 0.1) is 12.6 Å². The van der Waals surface area contributed by atoms with Crippen molar-refractivity contribution >= 4 is 23.6 Å². The maximum Gasteiger partial charge on any atom is 0.142 e. The van der Waals surface area contributed by atoms with Crippen LogP contribution in [-0.2, 0) is 4.79 Å². The predicted octanol–water partition coefficient (Wildman–Crippen LogP) is 5.09.